The summed E-state index contributed by atoms with van der Waals surface area (Å²) in [5, 5.41) is 0. The largest absolute Gasteiger partial charge is 0.381 e. The molecule has 17 heavy (non-hydrogen) atoms. The number of piperidine rings is 1. The van der Waals surface area contributed by atoms with Crippen LogP contribution < -0.4 is 5.73 Å². The Bertz CT molecular complexity index is 216. The van der Waals surface area contributed by atoms with E-state index in [9.17, 15) is 0 Å². The van der Waals surface area contributed by atoms with E-state index >= 15 is 0 Å². The molecule has 0 aromatic carbocycles. The quantitative estimate of drug-likeness (QED) is 0.817. The molecule has 3 heteroatoms. The van der Waals surface area contributed by atoms with Gasteiger partial charge in [0.15, 0.2) is 0 Å². The molecule has 0 radical (unpaired) electrons. The Balaban J connectivity index is 1.82. The highest BCUT2D eigenvalue weighted by atomic mass is 16.5. The first-order chi connectivity index (χ1) is 8.33. The molecule has 1 saturated heterocycles. The van der Waals surface area contributed by atoms with Gasteiger partial charge in [-0.2, -0.15) is 0 Å². The highest BCUT2D eigenvalue weighted by Gasteiger charge is 2.29. The fourth-order valence-electron chi connectivity index (χ4n) is 3.46. The second-order valence-electron chi connectivity index (χ2n) is 5.77. The molecule has 100 valence electrons. The summed E-state index contributed by atoms with van der Waals surface area (Å²) in [6.45, 7) is 3.24. The van der Waals surface area contributed by atoms with Gasteiger partial charge in [0.25, 0.3) is 0 Å². The molecule has 2 aliphatic rings. The third-order valence-corrected chi connectivity index (χ3v) is 4.61. The van der Waals surface area contributed by atoms with Gasteiger partial charge in [-0.3, -0.25) is 4.90 Å². The van der Waals surface area contributed by atoms with E-state index in [1.807, 2.05) is 7.11 Å². The molecule has 0 bridgehead atoms. The topological polar surface area (TPSA) is 38.5 Å². The minimum atomic E-state index is 0.436. The third-order valence-electron chi connectivity index (χ3n) is 4.61. The number of nitrogens with two attached hydrogens (primary N) is 1. The Morgan fingerprint density at radius 3 is 2.59 bits per heavy atom. The maximum atomic E-state index is 5.92. The SMILES string of the molecule is COC1CCN(CC2CCCCC2)C(CN)C1. The van der Waals surface area contributed by atoms with Gasteiger partial charge < -0.3 is 10.5 Å². The summed E-state index contributed by atoms with van der Waals surface area (Å²) in [6.07, 6.45) is 9.93. The molecule has 1 heterocycles. The molecule has 2 fully saturated rings. The number of hydrogen-bond acceptors (Lipinski definition) is 3. The standard InChI is InChI=1S/C14H28N2O/c1-17-14-7-8-16(13(9-14)10-15)11-12-5-3-2-4-6-12/h12-14H,2-11,15H2,1H3. The van der Waals surface area contributed by atoms with Crippen LogP contribution in [-0.4, -0.2) is 43.8 Å². The Labute approximate surface area is 106 Å². The van der Waals surface area contributed by atoms with Crippen LogP contribution in [0.4, 0.5) is 0 Å². The van der Waals surface area contributed by atoms with Gasteiger partial charge in [-0.15, -0.1) is 0 Å². The summed E-state index contributed by atoms with van der Waals surface area (Å²) in [5.74, 6) is 0.928. The van der Waals surface area contributed by atoms with Gasteiger partial charge >= 0.3 is 0 Å². The van der Waals surface area contributed by atoms with Crippen molar-refractivity contribution in [3.05, 3.63) is 0 Å². The van der Waals surface area contributed by atoms with Crippen molar-refractivity contribution >= 4 is 0 Å². The zero-order valence-electron chi connectivity index (χ0n) is 11.2. The monoisotopic (exact) mass is 240 g/mol. The van der Waals surface area contributed by atoms with E-state index in [2.05, 4.69) is 4.90 Å². The second kappa shape index (κ2) is 6.72. The smallest absolute Gasteiger partial charge is 0.0599 e. The molecule has 0 amide bonds. The van der Waals surface area contributed by atoms with Crippen LogP contribution >= 0.6 is 0 Å². The molecule has 0 aromatic heterocycles. The van der Waals surface area contributed by atoms with Gasteiger partial charge in [-0.05, 0) is 31.6 Å². The average molecular weight is 240 g/mol. The lowest BCUT2D eigenvalue weighted by atomic mass is 9.87. The highest BCUT2D eigenvalue weighted by molar-refractivity contribution is 4.84. The van der Waals surface area contributed by atoms with Crippen LogP contribution in [0.3, 0.4) is 0 Å². The number of rotatable bonds is 4. The van der Waals surface area contributed by atoms with E-state index in [0.29, 0.717) is 12.1 Å². The van der Waals surface area contributed by atoms with E-state index in [-0.39, 0.29) is 0 Å². The minimum Gasteiger partial charge on any atom is -0.381 e. The van der Waals surface area contributed by atoms with Crippen LogP contribution in [0.2, 0.25) is 0 Å². The van der Waals surface area contributed by atoms with Crippen LogP contribution in [0.1, 0.15) is 44.9 Å². The fourth-order valence-corrected chi connectivity index (χ4v) is 3.46. The molecular weight excluding hydrogens is 212 g/mol. The number of methoxy groups -OCH3 is 1. The van der Waals surface area contributed by atoms with Crippen molar-refractivity contribution in [2.24, 2.45) is 11.7 Å². The molecule has 2 rings (SSSR count). The Morgan fingerprint density at radius 1 is 1.18 bits per heavy atom. The maximum Gasteiger partial charge on any atom is 0.0599 e. The summed E-state index contributed by atoms with van der Waals surface area (Å²) in [6, 6.07) is 0.552. The fraction of sp³-hybridized carbons (Fsp3) is 1.00. The van der Waals surface area contributed by atoms with E-state index in [4.69, 9.17) is 10.5 Å². The zero-order valence-corrected chi connectivity index (χ0v) is 11.2. The molecule has 3 nitrogen and oxygen atoms in total. The third kappa shape index (κ3) is 3.67. The molecule has 2 atom stereocenters. The minimum absolute atomic E-state index is 0.436. The Morgan fingerprint density at radius 2 is 1.94 bits per heavy atom. The second-order valence-corrected chi connectivity index (χ2v) is 5.77. The van der Waals surface area contributed by atoms with Crippen molar-refractivity contribution in [2.45, 2.75) is 57.1 Å². The van der Waals surface area contributed by atoms with E-state index < -0.39 is 0 Å². The normalized spacial score (nSPS) is 32.8. The van der Waals surface area contributed by atoms with Gasteiger partial charge in [-0.25, -0.2) is 0 Å². The average Bonchev–Trinajstić information content (AvgIpc) is 2.40. The molecular formula is C14H28N2O. The van der Waals surface area contributed by atoms with E-state index in [1.54, 1.807) is 0 Å². The van der Waals surface area contributed by atoms with Gasteiger partial charge in [0.1, 0.15) is 0 Å². The molecule has 0 spiro atoms. The number of hydrogen-bond donors (Lipinski definition) is 1. The van der Waals surface area contributed by atoms with Crippen molar-refractivity contribution in [3.63, 3.8) is 0 Å². The first-order valence-electron chi connectivity index (χ1n) is 7.30. The summed E-state index contributed by atoms with van der Waals surface area (Å²) < 4.78 is 5.48. The van der Waals surface area contributed by atoms with Gasteiger partial charge in [0, 0.05) is 32.8 Å². The first kappa shape index (κ1) is 13.3. The molecule has 1 aliphatic carbocycles. The van der Waals surface area contributed by atoms with Crippen LogP contribution in [-0.2, 0) is 4.74 Å². The van der Waals surface area contributed by atoms with Crippen molar-refractivity contribution in [1.82, 2.24) is 4.90 Å². The Kier molecular flexibility index (Phi) is 5.26. The first-order valence-corrected chi connectivity index (χ1v) is 7.30. The number of ether oxygens (including phenoxy) is 1. The van der Waals surface area contributed by atoms with Crippen molar-refractivity contribution < 1.29 is 4.74 Å². The van der Waals surface area contributed by atoms with Crippen LogP contribution in [0.25, 0.3) is 0 Å². The lowest BCUT2D eigenvalue weighted by molar-refractivity contribution is 0.00567. The lowest BCUT2D eigenvalue weighted by Crippen LogP contribution is -2.50. The van der Waals surface area contributed by atoms with Crippen LogP contribution in [0.15, 0.2) is 0 Å². The van der Waals surface area contributed by atoms with Gasteiger partial charge in [0.05, 0.1) is 6.10 Å². The van der Waals surface area contributed by atoms with Gasteiger partial charge in [0.2, 0.25) is 0 Å². The summed E-state index contributed by atoms with van der Waals surface area (Å²) >= 11 is 0. The predicted octanol–water partition coefficient (Wildman–Crippen LogP) is 2.00. The number of nitrogens with zero attached hydrogens (tertiary/aromatic N) is 1. The zero-order chi connectivity index (χ0) is 12.1. The van der Waals surface area contributed by atoms with E-state index in [1.165, 1.54) is 51.6 Å². The van der Waals surface area contributed by atoms with Crippen molar-refractivity contribution in [3.8, 4) is 0 Å². The summed E-state index contributed by atoms with van der Waals surface area (Å²) in [5.41, 5.74) is 5.92. The Hall–Kier alpha value is -0.120. The van der Waals surface area contributed by atoms with Gasteiger partial charge in [-0.1, -0.05) is 19.3 Å². The molecule has 0 aromatic rings. The van der Waals surface area contributed by atoms with E-state index in [0.717, 1.165) is 18.9 Å². The number of likely N-dealkylation sites (tertiary alicyclic amines) is 1. The van der Waals surface area contributed by atoms with Crippen molar-refractivity contribution in [1.29, 1.82) is 0 Å². The van der Waals surface area contributed by atoms with Crippen LogP contribution in [0.5, 0.6) is 0 Å². The highest BCUT2D eigenvalue weighted by Crippen LogP contribution is 2.27. The predicted molar refractivity (Wildman–Crippen MR) is 71.0 cm³/mol. The molecule has 1 aliphatic heterocycles. The molecule has 1 saturated carbocycles. The van der Waals surface area contributed by atoms with Crippen LogP contribution in [0, 0.1) is 5.92 Å². The summed E-state index contributed by atoms with van der Waals surface area (Å²) in [4.78, 5) is 2.63. The summed E-state index contributed by atoms with van der Waals surface area (Å²) in [7, 11) is 1.83. The maximum absolute atomic E-state index is 5.92. The lowest BCUT2D eigenvalue weighted by Gasteiger charge is -2.40. The molecule has 2 N–H and O–H groups in total. The molecule has 2 unspecified atom stereocenters. The van der Waals surface area contributed by atoms with Crippen molar-refractivity contribution in [2.75, 3.05) is 26.7 Å².